The Morgan fingerprint density at radius 1 is 1.02 bits per heavy atom. The molecular formula is C33H40F2N3O7PS. The summed E-state index contributed by atoms with van der Waals surface area (Å²) in [5.41, 5.74) is -5.03. The second-order valence-corrected chi connectivity index (χ2v) is 15.9. The first-order valence-corrected chi connectivity index (χ1v) is 18.0. The van der Waals surface area contributed by atoms with Crippen molar-refractivity contribution in [2.24, 2.45) is 5.41 Å². The Morgan fingerprint density at radius 3 is 2.43 bits per heavy atom. The molecule has 2 saturated heterocycles. The molecule has 10 nitrogen and oxygen atoms in total. The standard InChI is InChI=1S/C33H40F2N3O7PS/c1-32(2,3)28(36-29(39)27-19-22-18-23(13-14-26(22)47-27)33(34,35)46(42,43)44)31(41)38-15-9-5-8-12-24(38)30(40)37-16-17-45-25(20-37)21-10-6-4-7-11-21/h4,6-7,10-11,13-14,18-19,24-25,28H,5,8-9,12,15-17,20H2,1-3H3,(H,36,39)(H2,42,43,44)/t24-,25-,28?/m0/s1. The predicted octanol–water partition coefficient (Wildman–Crippen LogP) is 5.64. The fourth-order valence-corrected chi connectivity index (χ4v) is 7.51. The molecule has 14 heteroatoms. The lowest BCUT2D eigenvalue weighted by atomic mass is 9.85. The summed E-state index contributed by atoms with van der Waals surface area (Å²) in [6, 6.07) is 12.5. The molecule has 1 aromatic heterocycles. The topological polar surface area (TPSA) is 136 Å². The summed E-state index contributed by atoms with van der Waals surface area (Å²) in [7, 11) is -5.77. The number of carbonyl (C=O) groups is 3. The van der Waals surface area contributed by atoms with E-state index in [0.29, 0.717) is 43.8 Å². The average molecular weight is 692 g/mol. The van der Waals surface area contributed by atoms with Gasteiger partial charge in [0.25, 0.3) is 5.91 Å². The number of alkyl halides is 2. The molecule has 3 N–H and O–H groups in total. The van der Waals surface area contributed by atoms with Crippen LogP contribution in [0.5, 0.6) is 0 Å². The average Bonchev–Trinajstić information content (AvgIpc) is 3.31. The van der Waals surface area contributed by atoms with Gasteiger partial charge in [-0.25, -0.2) is 0 Å². The Labute approximate surface area is 276 Å². The smallest absolute Gasteiger partial charge is 0.370 e. The minimum atomic E-state index is -5.77. The van der Waals surface area contributed by atoms with Crippen LogP contribution in [0.4, 0.5) is 8.78 Å². The number of benzene rings is 2. The number of nitrogens with one attached hydrogen (secondary N) is 1. The van der Waals surface area contributed by atoms with E-state index in [1.54, 1.807) is 9.80 Å². The molecule has 1 unspecified atom stereocenters. The lowest BCUT2D eigenvalue weighted by molar-refractivity contribution is -0.152. The molecule has 254 valence electrons. The summed E-state index contributed by atoms with van der Waals surface area (Å²) in [4.78, 5) is 63.8. The second kappa shape index (κ2) is 13.7. The fourth-order valence-electron chi connectivity index (χ4n) is 6.09. The van der Waals surface area contributed by atoms with Gasteiger partial charge in [-0.1, -0.05) is 70.0 Å². The van der Waals surface area contributed by atoms with Gasteiger partial charge in [-0.05, 0) is 47.4 Å². The van der Waals surface area contributed by atoms with Crippen LogP contribution in [0.15, 0.2) is 54.6 Å². The highest BCUT2D eigenvalue weighted by molar-refractivity contribution is 7.52. The van der Waals surface area contributed by atoms with Crippen molar-refractivity contribution < 1.29 is 42.3 Å². The van der Waals surface area contributed by atoms with Crippen molar-refractivity contribution >= 4 is 46.7 Å². The minimum absolute atomic E-state index is 0.141. The maximum atomic E-state index is 14.3. The monoisotopic (exact) mass is 691 g/mol. The molecule has 2 fully saturated rings. The molecule has 0 aliphatic carbocycles. The van der Waals surface area contributed by atoms with E-state index in [2.05, 4.69) is 5.32 Å². The summed E-state index contributed by atoms with van der Waals surface area (Å²) in [5, 5.41) is 3.06. The van der Waals surface area contributed by atoms with Crippen molar-refractivity contribution in [2.45, 2.75) is 70.3 Å². The van der Waals surface area contributed by atoms with E-state index in [4.69, 9.17) is 14.5 Å². The predicted molar refractivity (Wildman–Crippen MR) is 174 cm³/mol. The number of halogens is 2. The minimum Gasteiger partial charge on any atom is -0.370 e. The largest absolute Gasteiger partial charge is 0.399 e. The van der Waals surface area contributed by atoms with Crippen LogP contribution in [-0.4, -0.2) is 75.6 Å². The van der Waals surface area contributed by atoms with Crippen molar-refractivity contribution in [1.29, 1.82) is 0 Å². The molecule has 3 aromatic rings. The van der Waals surface area contributed by atoms with Crippen LogP contribution in [0, 0.1) is 5.41 Å². The zero-order chi connectivity index (χ0) is 34.1. The van der Waals surface area contributed by atoms with E-state index in [9.17, 15) is 27.7 Å². The SMILES string of the molecule is CC(C)(C)C(NC(=O)c1cc2cc(C(F)(F)P(=O)(O)O)ccc2s1)C(=O)N1CCCCC[C@H]1C(=O)N1CCO[C@H](c2ccccc2)C1. The number of morpholine rings is 1. The molecule has 0 spiro atoms. The number of thiophene rings is 1. The van der Waals surface area contributed by atoms with Gasteiger partial charge in [-0.2, -0.15) is 8.78 Å². The Kier molecular flexibility index (Phi) is 10.2. The quantitative estimate of drug-likeness (QED) is 0.273. The molecule has 47 heavy (non-hydrogen) atoms. The third-order valence-corrected chi connectivity index (χ3v) is 10.8. The maximum Gasteiger partial charge on any atom is 0.399 e. The Bertz CT molecular complexity index is 1670. The highest BCUT2D eigenvalue weighted by Crippen LogP contribution is 2.59. The number of ether oxygens (including phenoxy) is 1. The van der Waals surface area contributed by atoms with E-state index >= 15 is 0 Å². The van der Waals surface area contributed by atoms with Crippen molar-refractivity contribution in [3.63, 3.8) is 0 Å². The number of likely N-dealkylation sites (tertiary alicyclic amines) is 1. The van der Waals surface area contributed by atoms with Gasteiger partial charge < -0.3 is 29.6 Å². The van der Waals surface area contributed by atoms with Gasteiger partial charge in [-0.15, -0.1) is 11.3 Å². The van der Waals surface area contributed by atoms with E-state index in [1.807, 2.05) is 51.1 Å². The summed E-state index contributed by atoms with van der Waals surface area (Å²) < 4.78 is 46.5. The van der Waals surface area contributed by atoms with Crippen molar-refractivity contribution in [1.82, 2.24) is 15.1 Å². The van der Waals surface area contributed by atoms with E-state index in [0.717, 1.165) is 41.9 Å². The Hall–Kier alpha value is -3.22. The van der Waals surface area contributed by atoms with Gasteiger partial charge in [0.15, 0.2) is 0 Å². The lowest BCUT2D eigenvalue weighted by Crippen LogP contribution is -2.60. The van der Waals surface area contributed by atoms with Gasteiger partial charge in [-0.3, -0.25) is 18.9 Å². The number of nitrogens with zero attached hydrogens (tertiary/aromatic N) is 2. The van der Waals surface area contributed by atoms with Gasteiger partial charge in [0, 0.05) is 23.4 Å². The molecule has 0 saturated carbocycles. The van der Waals surface area contributed by atoms with Crippen LogP contribution in [0.3, 0.4) is 0 Å². The van der Waals surface area contributed by atoms with Gasteiger partial charge in [0.2, 0.25) is 11.8 Å². The molecule has 2 aliphatic rings. The first-order valence-electron chi connectivity index (χ1n) is 15.6. The Balaban J connectivity index is 1.36. The molecule has 3 atom stereocenters. The third-order valence-electron chi connectivity index (χ3n) is 8.71. The summed E-state index contributed by atoms with van der Waals surface area (Å²) in [6.45, 7) is 6.97. The van der Waals surface area contributed by atoms with Crippen LogP contribution in [0.2, 0.25) is 0 Å². The molecule has 0 bridgehead atoms. The highest BCUT2D eigenvalue weighted by atomic mass is 32.1. The summed E-state index contributed by atoms with van der Waals surface area (Å²) in [6.07, 6.45) is 2.59. The maximum absolute atomic E-state index is 14.3. The molecule has 3 heterocycles. The third kappa shape index (κ3) is 7.60. The zero-order valence-corrected chi connectivity index (χ0v) is 28.2. The first-order chi connectivity index (χ1) is 22.1. The second-order valence-electron chi connectivity index (χ2n) is 13.2. The molecule has 2 aromatic carbocycles. The van der Waals surface area contributed by atoms with Crippen molar-refractivity contribution in [3.05, 3.63) is 70.6 Å². The van der Waals surface area contributed by atoms with Crippen molar-refractivity contribution in [3.8, 4) is 0 Å². The summed E-state index contributed by atoms with van der Waals surface area (Å²) >= 11 is 1.01. The van der Waals surface area contributed by atoms with Crippen LogP contribution < -0.4 is 5.32 Å². The molecule has 5 rings (SSSR count). The van der Waals surface area contributed by atoms with E-state index in [1.165, 1.54) is 12.1 Å². The van der Waals surface area contributed by atoms with E-state index < -0.39 is 42.2 Å². The van der Waals surface area contributed by atoms with E-state index in [-0.39, 0.29) is 28.2 Å². The zero-order valence-electron chi connectivity index (χ0n) is 26.5. The van der Waals surface area contributed by atoms with Gasteiger partial charge >= 0.3 is 13.3 Å². The normalized spacial score (nSPS) is 20.5. The van der Waals surface area contributed by atoms with Crippen LogP contribution in [0.25, 0.3) is 10.1 Å². The van der Waals surface area contributed by atoms with Crippen LogP contribution in [-0.2, 0) is 24.6 Å². The fraction of sp³-hybridized carbons (Fsp3) is 0.485. The number of amides is 3. The molecular weight excluding hydrogens is 651 g/mol. The molecule has 3 amide bonds. The number of hydrogen-bond donors (Lipinski definition) is 3. The first kappa shape index (κ1) is 35.1. The van der Waals surface area contributed by atoms with Crippen LogP contribution in [0.1, 0.15) is 73.4 Å². The summed E-state index contributed by atoms with van der Waals surface area (Å²) in [5.74, 6) is -1.11. The number of hydrogen-bond acceptors (Lipinski definition) is 6. The molecule has 0 radical (unpaired) electrons. The Morgan fingerprint density at radius 2 is 1.74 bits per heavy atom. The van der Waals surface area contributed by atoms with Gasteiger partial charge in [0.1, 0.15) is 18.2 Å². The lowest BCUT2D eigenvalue weighted by Gasteiger charge is -2.40. The van der Waals surface area contributed by atoms with Crippen LogP contribution >= 0.6 is 18.9 Å². The molecule has 2 aliphatic heterocycles. The van der Waals surface area contributed by atoms with Gasteiger partial charge in [0.05, 0.1) is 18.0 Å². The number of rotatable bonds is 7. The highest BCUT2D eigenvalue weighted by Gasteiger charge is 2.50. The number of fused-ring (bicyclic) bond motifs is 1. The number of carbonyl (C=O) groups excluding carboxylic acids is 3. The van der Waals surface area contributed by atoms with Crippen molar-refractivity contribution in [2.75, 3.05) is 26.2 Å².